The number of aryl methyl sites for hydroxylation is 1. The van der Waals surface area contributed by atoms with Gasteiger partial charge in [0.25, 0.3) is 0 Å². The lowest BCUT2D eigenvalue weighted by molar-refractivity contribution is 0.0497. The van der Waals surface area contributed by atoms with Gasteiger partial charge in [0.1, 0.15) is 12.4 Å². The Morgan fingerprint density at radius 1 is 1.40 bits per heavy atom. The van der Waals surface area contributed by atoms with Gasteiger partial charge < -0.3 is 14.6 Å². The molecule has 0 bridgehead atoms. The quantitative estimate of drug-likeness (QED) is 0.920. The van der Waals surface area contributed by atoms with Crippen molar-refractivity contribution in [3.63, 3.8) is 0 Å². The molecule has 1 aromatic carbocycles. The SMILES string of the molecule is Cc1cc(C(C)(C)C)ccc1OCC(O)C1CCOC1. The van der Waals surface area contributed by atoms with E-state index in [1.165, 1.54) is 5.56 Å². The number of ether oxygens (including phenoxy) is 2. The average Bonchev–Trinajstić information content (AvgIpc) is 2.89. The van der Waals surface area contributed by atoms with Gasteiger partial charge in [-0.05, 0) is 36.0 Å². The lowest BCUT2D eigenvalue weighted by Gasteiger charge is -2.22. The minimum atomic E-state index is -0.445. The summed E-state index contributed by atoms with van der Waals surface area (Å²) in [7, 11) is 0. The molecule has 1 N–H and O–H groups in total. The molecule has 1 aromatic rings. The van der Waals surface area contributed by atoms with Crippen LogP contribution in [0.2, 0.25) is 0 Å². The average molecular weight is 278 g/mol. The van der Waals surface area contributed by atoms with Crippen molar-refractivity contribution in [2.75, 3.05) is 19.8 Å². The Morgan fingerprint density at radius 2 is 2.15 bits per heavy atom. The van der Waals surface area contributed by atoms with E-state index in [0.29, 0.717) is 13.2 Å². The van der Waals surface area contributed by atoms with Crippen LogP contribution in [0.15, 0.2) is 18.2 Å². The van der Waals surface area contributed by atoms with Gasteiger partial charge in [-0.25, -0.2) is 0 Å². The third-order valence-electron chi connectivity index (χ3n) is 3.96. The Bertz CT molecular complexity index is 442. The molecule has 2 atom stereocenters. The van der Waals surface area contributed by atoms with E-state index >= 15 is 0 Å². The van der Waals surface area contributed by atoms with E-state index in [9.17, 15) is 5.11 Å². The highest BCUT2D eigenvalue weighted by atomic mass is 16.5. The Kier molecular flexibility index (Phi) is 4.71. The molecule has 0 radical (unpaired) electrons. The van der Waals surface area contributed by atoms with Crippen LogP contribution in [0.4, 0.5) is 0 Å². The molecule has 1 saturated heterocycles. The molecule has 0 aromatic heterocycles. The maximum Gasteiger partial charge on any atom is 0.122 e. The second-order valence-electron chi connectivity index (χ2n) is 6.73. The van der Waals surface area contributed by atoms with Crippen molar-refractivity contribution in [3.05, 3.63) is 29.3 Å². The monoisotopic (exact) mass is 278 g/mol. The summed E-state index contributed by atoms with van der Waals surface area (Å²) >= 11 is 0. The lowest BCUT2D eigenvalue weighted by Crippen LogP contribution is -2.27. The van der Waals surface area contributed by atoms with Crippen LogP contribution >= 0.6 is 0 Å². The van der Waals surface area contributed by atoms with E-state index in [1.807, 2.05) is 6.07 Å². The van der Waals surface area contributed by atoms with Crippen LogP contribution in [0.3, 0.4) is 0 Å². The molecule has 0 saturated carbocycles. The molecule has 112 valence electrons. The zero-order valence-electron chi connectivity index (χ0n) is 13.0. The molecule has 1 aliphatic rings. The second kappa shape index (κ2) is 6.15. The van der Waals surface area contributed by atoms with Crippen LogP contribution in [-0.4, -0.2) is 31.0 Å². The molecule has 3 heteroatoms. The molecule has 0 aliphatic carbocycles. The highest BCUT2D eigenvalue weighted by molar-refractivity contribution is 5.38. The number of aliphatic hydroxyl groups excluding tert-OH is 1. The van der Waals surface area contributed by atoms with Gasteiger partial charge in [-0.15, -0.1) is 0 Å². The molecule has 1 fully saturated rings. The highest BCUT2D eigenvalue weighted by Crippen LogP contribution is 2.28. The molecule has 2 rings (SSSR count). The van der Waals surface area contributed by atoms with Gasteiger partial charge in [-0.2, -0.15) is 0 Å². The fraction of sp³-hybridized carbons (Fsp3) is 0.647. The summed E-state index contributed by atoms with van der Waals surface area (Å²) in [4.78, 5) is 0. The van der Waals surface area contributed by atoms with Gasteiger partial charge in [-0.3, -0.25) is 0 Å². The van der Waals surface area contributed by atoms with Gasteiger partial charge in [0.2, 0.25) is 0 Å². The van der Waals surface area contributed by atoms with Crippen molar-refractivity contribution in [2.45, 2.75) is 45.6 Å². The lowest BCUT2D eigenvalue weighted by atomic mass is 9.86. The van der Waals surface area contributed by atoms with Gasteiger partial charge in [-0.1, -0.05) is 32.9 Å². The first-order chi connectivity index (χ1) is 9.38. The highest BCUT2D eigenvalue weighted by Gasteiger charge is 2.24. The summed E-state index contributed by atoms with van der Waals surface area (Å²) in [6.07, 6.45) is 0.478. The molecule has 3 nitrogen and oxygen atoms in total. The zero-order chi connectivity index (χ0) is 14.8. The van der Waals surface area contributed by atoms with Crippen molar-refractivity contribution < 1.29 is 14.6 Å². The third-order valence-corrected chi connectivity index (χ3v) is 3.96. The number of hydrogen-bond donors (Lipinski definition) is 1. The third kappa shape index (κ3) is 3.74. The van der Waals surface area contributed by atoms with E-state index in [0.717, 1.165) is 24.3 Å². The van der Waals surface area contributed by atoms with Crippen LogP contribution in [0.1, 0.15) is 38.3 Å². The van der Waals surface area contributed by atoms with E-state index < -0.39 is 6.10 Å². The van der Waals surface area contributed by atoms with Crippen molar-refractivity contribution in [2.24, 2.45) is 5.92 Å². The van der Waals surface area contributed by atoms with Gasteiger partial charge in [0.15, 0.2) is 0 Å². The Morgan fingerprint density at radius 3 is 2.70 bits per heavy atom. The summed E-state index contributed by atoms with van der Waals surface area (Å²) in [5.74, 6) is 1.07. The van der Waals surface area contributed by atoms with Crippen LogP contribution < -0.4 is 4.74 Å². The standard InChI is InChI=1S/C17H26O3/c1-12-9-14(17(2,3)4)5-6-16(12)20-11-15(18)13-7-8-19-10-13/h5-6,9,13,15,18H,7-8,10-11H2,1-4H3. The fourth-order valence-corrected chi connectivity index (χ4v) is 2.45. The van der Waals surface area contributed by atoms with Crippen LogP contribution in [0, 0.1) is 12.8 Å². The molecule has 1 aliphatic heterocycles. The topological polar surface area (TPSA) is 38.7 Å². The number of hydrogen-bond acceptors (Lipinski definition) is 3. The molecular formula is C17H26O3. The van der Waals surface area contributed by atoms with E-state index in [4.69, 9.17) is 9.47 Å². The first-order valence-corrected chi connectivity index (χ1v) is 7.37. The van der Waals surface area contributed by atoms with Crippen LogP contribution in [-0.2, 0) is 10.2 Å². The second-order valence-corrected chi connectivity index (χ2v) is 6.73. The Hall–Kier alpha value is -1.06. The van der Waals surface area contributed by atoms with Crippen LogP contribution in [0.25, 0.3) is 0 Å². The fourth-order valence-electron chi connectivity index (χ4n) is 2.45. The predicted molar refractivity (Wildman–Crippen MR) is 80.3 cm³/mol. The molecule has 20 heavy (non-hydrogen) atoms. The summed E-state index contributed by atoms with van der Waals surface area (Å²) in [5.41, 5.74) is 2.56. The van der Waals surface area contributed by atoms with E-state index in [2.05, 4.69) is 39.8 Å². The van der Waals surface area contributed by atoms with Crippen molar-refractivity contribution >= 4 is 0 Å². The van der Waals surface area contributed by atoms with Crippen LogP contribution in [0.5, 0.6) is 5.75 Å². The first kappa shape index (κ1) is 15.3. The van der Waals surface area contributed by atoms with E-state index in [1.54, 1.807) is 0 Å². The molecular weight excluding hydrogens is 252 g/mol. The summed E-state index contributed by atoms with van der Waals surface area (Å²) in [5, 5.41) is 10.1. The molecule has 1 heterocycles. The maximum atomic E-state index is 10.1. The number of aliphatic hydroxyl groups is 1. The predicted octanol–water partition coefficient (Wildman–Crippen LogP) is 3.07. The van der Waals surface area contributed by atoms with Gasteiger partial charge in [0.05, 0.1) is 12.7 Å². The summed E-state index contributed by atoms with van der Waals surface area (Å²) in [6.45, 7) is 10.4. The first-order valence-electron chi connectivity index (χ1n) is 7.37. The van der Waals surface area contributed by atoms with Gasteiger partial charge >= 0.3 is 0 Å². The normalized spacial score (nSPS) is 20.9. The number of rotatable bonds is 4. The summed E-state index contributed by atoms with van der Waals surface area (Å²) in [6, 6.07) is 6.28. The molecule has 2 unspecified atom stereocenters. The summed E-state index contributed by atoms with van der Waals surface area (Å²) < 4.78 is 11.1. The Labute approximate surface area is 121 Å². The molecule has 0 amide bonds. The zero-order valence-corrected chi connectivity index (χ0v) is 13.0. The Balaban J connectivity index is 1.96. The van der Waals surface area contributed by atoms with E-state index in [-0.39, 0.29) is 11.3 Å². The number of benzene rings is 1. The minimum absolute atomic E-state index is 0.143. The molecule has 0 spiro atoms. The van der Waals surface area contributed by atoms with Crippen molar-refractivity contribution in [1.29, 1.82) is 0 Å². The maximum absolute atomic E-state index is 10.1. The van der Waals surface area contributed by atoms with Crippen molar-refractivity contribution in [3.8, 4) is 5.75 Å². The van der Waals surface area contributed by atoms with Crippen molar-refractivity contribution in [1.82, 2.24) is 0 Å². The minimum Gasteiger partial charge on any atom is -0.491 e. The van der Waals surface area contributed by atoms with Gasteiger partial charge in [0, 0.05) is 12.5 Å². The largest absolute Gasteiger partial charge is 0.491 e. The smallest absolute Gasteiger partial charge is 0.122 e.